The number of amides is 1. The van der Waals surface area contributed by atoms with Gasteiger partial charge in [0.25, 0.3) is 7.82 Å². The van der Waals surface area contributed by atoms with Crippen molar-refractivity contribution in [2.45, 2.75) is 270 Å². The van der Waals surface area contributed by atoms with Crippen LogP contribution in [0.1, 0.15) is 258 Å². The van der Waals surface area contributed by atoms with Gasteiger partial charge >= 0.3 is 0 Å². The van der Waals surface area contributed by atoms with E-state index in [2.05, 4.69) is 55.6 Å². The van der Waals surface area contributed by atoms with Crippen LogP contribution in [0, 0.1) is 0 Å². The van der Waals surface area contributed by atoms with Crippen LogP contribution in [-0.2, 0) is 18.4 Å². The molecule has 1 amide bonds. The van der Waals surface area contributed by atoms with Gasteiger partial charge in [-0.15, -0.1) is 0 Å². The van der Waals surface area contributed by atoms with Gasteiger partial charge in [-0.2, -0.15) is 0 Å². The van der Waals surface area contributed by atoms with Gasteiger partial charge in [0.2, 0.25) is 5.91 Å². The minimum atomic E-state index is -4.56. The normalized spacial score (nSPS) is 14.3. The molecule has 0 bridgehead atoms. The van der Waals surface area contributed by atoms with Crippen LogP contribution in [0.3, 0.4) is 0 Å². The van der Waals surface area contributed by atoms with Gasteiger partial charge in [0.1, 0.15) is 13.2 Å². The average molecular weight is 923 g/mol. The molecule has 0 rings (SSSR count). The zero-order chi connectivity index (χ0) is 47.1. The number of hydrogen-bond donors (Lipinski definition) is 2. The van der Waals surface area contributed by atoms with Gasteiger partial charge in [0, 0.05) is 6.42 Å². The second-order valence-corrected chi connectivity index (χ2v) is 21.4. The quantitative estimate of drug-likeness (QED) is 0.0272. The highest BCUT2D eigenvalue weighted by Crippen LogP contribution is 2.38. The van der Waals surface area contributed by atoms with Crippen LogP contribution in [0.5, 0.6) is 0 Å². The fraction of sp³-hybridized carbons (Fsp3) is 0.873. The lowest BCUT2D eigenvalue weighted by molar-refractivity contribution is -0.870. The summed E-state index contributed by atoms with van der Waals surface area (Å²) in [6.07, 6.45) is 58.9. The van der Waals surface area contributed by atoms with E-state index < -0.39 is 20.0 Å². The van der Waals surface area contributed by atoms with Crippen LogP contribution in [0.15, 0.2) is 36.5 Å². The summed E-state index contributed by atoms with van der Waals surface area (Å²) < 4.78 is 23.3. The Morgan fingerprint density at radius 2 is 0.906 bits per heavy atom. The summed E-state index contributed by atoms with van der Waals surface area (Å²) in [5, 5.41) is 13.9. The molecule has 64 heavy (non-hydrogen) atoms. The van der Waals surface area contributed by atoms with Crippen molar-refractivity contribution in [1.29, 1.82) is 0 Å². The Morgan fingerprint density at radius 3 is 1.31 bits per heavy atom. The summed E-state index contributed by atoms with van der Waals surface area (Å²) in [7, 11) is 1.31. The van der Waals surface area contributed by atoms with Gasteiger partial charge in [-0.1, -0.05) is 237 Å². The van der Waals surface area contributed by atoms with Crippen molar-refractivity contribution in [3.63, 3.8) is 0 Å². The maximum atomic E-state index is 12.9. The van der Waals surface area contributed by atoms with E-state index in [9.17, 15) is 19.4 Å². The number of nitrogens with one attached hydrogen (secondary N) is 1. The molecule has 0 heterocycles. The fourth-order valence-corrected chi connectivity index (χ4v) is 8.77. The lowest BCUT2D eigenvalue weighted by Crippen LogP contribution is -2.46. The molecular formula is C55H107N2O6P. The molecule has 0 radical (unpaired) electrons. The van der Waals surface area contributed by atoms with Crippen LogP contribution >= 0.6 is 7.82 Å². The fourth-order valence-electron chi connectivity index (χ4n) is 8.05. The van der Waals surface area contributed by atoms with E-state index in [1.165, 1.54) is 180 Å². The molecule has 0 aromatic rings. The third-order valence-electron chi connectivity index (χ3n) is 12.4. The molecule has 9 heteroatoms. The maximum absolute atomic E-state index is 12.9. The predicted molar refractivity (Wildman–Crippen MR) is 275 cm³/mol. The number of aliphatic hydroxyl groups excluding tert-OH is 1. The number of allylic oxidation sites excluding steroid dienone is 6. The second kappa shape index (κ2) is 46.8. The lowest BCUT2D eigenvalue weighted by atomic mass is 10.0. The van der Waals surface area contributed by atoms with Crippen molar-refractivity contribution in [2.75, 3.05) is 40.9 Å². The van der Waals surface area contributed by atoms with Gasteiger partial charge in [-0.25, -0.2) is 0 Å². The molecule has 0 saturated carbocycles. The molecule has 2 N–H and O–H groups in total. The molecule has 0 aliphatic rings. The summed E-state index contributed by atoms with van der Waals surface area (Å²) in [6.45, 7) is 4.71. The van der Waals surface area contributed by atoms with Crippen LogP contribution < -0.4 is 10.2 Å². The van der Waals surface area contributed by atoms with Crippen LogP contribution in [0.4, 0.5) is 0 Å². The summed E-state index contributed by atoms with van der Waals surface area (Å²) in [4.78, 5) is 25.4. The molecule has 0 aromatic carbocycles. The number of aliphatic hydroxyl groups is 1. The van der Waals surface area contributed by atoms with Gasteiger partial charge in [-0.3, -0.25) is 9.36 Å². The maximum Gasteiger partial charge on any atom is 0.268 e. The van der Waals surface area contributed by atoms with Crippen molar-refractivity contribution in [1.82, 2.24) is 5.32 Å². The SMILES string of the molecule is CCCCCCC/C=C\C/C=C\C/C=C\CCCCCCCCCCCCCCCCCCC(=O)NC(COP(=O)([O-])OCC[N+](C)(C)C)C(O)CCCCCCCCCCCCC. The first-order valence-corrected chi connectivity index (χ1v) is 28.8. The molecule has 3 atom stereocenters. The molecule has 0 aliphatic heterocycles. The number of quaternary nitrogens is 1. The van der Waals surface area contributed by atoms with E-state index in [1.54, 1.807) is 0 Å². The minimum Gasteiger partial charge on any atom is -0.756 e. The third kappa shape index (κ3) is 48.6. The Labute approximate surface area is 397 Å². The number of carbonyl (C=O) groups excluding carboxylic acids is 1. The Kier molecular flexibility index (Phi) is 45.9. The van der Waals surface area contributed by atoms with E-state index >= 15 is 0 Å². The molecule has 3 unspecified atom stereocenters. The van der Waals surface area contributed by atoms with E-state index in [1.807, 2.05) is 21.1 Å². The van der Waals surface area contributed by atoms with Gasteiger partial charge in [0.05, 0.1) is 39.9 Å². The number of unbranched alkanes of at least 4 members (excludes halogenated alkanes) is 31. The number of phosphoric acid groups is 1. The first kappa shape index (κ1) is 62.7. The van der Waals surface area contributed by atoms with Crippen molar-refractivity contribution in [2.24, 2.45) is 0 Å². The van der Waals surface area contributed by atoms with Crippen molar-refractivity contribution < 1.29 is 32.9 Å². The number of phosphoric ester groups is 1. The molecule has 0 spiro atoms. The molecular weight excluding hydrogens is 816 g/mol. The molecule has 0 saturated heterocycles. The van der Waals surface area contributed by atoms with Gasteiger partial charge < -0.3 is 28.8 Å². The van der Waals surface area contributed by atoms with Crippen LogP contribution in [0.25, 0.3) is 0 Å². The van der Waals surface area contributed by atoms with Gasteiger partial charge in [0.15, 0.2) is 0 Å². The first-order valence-electron chi connectivity index (χ1n) is 27.3. The largest absolute Gasteiger partial charge is 0.756 e. The van der Waals surface area contributed by atoms with E-state index in [4.69, 9.17) is 9.05 Å². The molecule has 378 valence electrons. The minimum absolute atomic E-state index is 0.0129. The second-order valence-electron chi connectivity index (χ2n) is 19.9. The monoisotopic (exact) mass is 923 g/mol. The zero-order valence-electron chi connectivity index (χ0n) is 43.0. The number of likely N-dealkylation sites (N-methyl/N-ethyl adjacent to an activating group) is 1. The standard InChI is InChI=1S/C55H107N2O6P/c1-6-8-10-12-14-16-18-19-20-21-22-23-24-25-26-27-28-29-30-31-32-33-34-35-36-37-39-41-43-45-47-49-55(59)56-53(52-63-64(60,61)62-51-50-57(3,4)5)54(58)48-46-44-42-40-38-17-15-13-11-9-7-2/h18-19,21-22,24-25,53-54,58H,6-17,20,23,26-52H2,1-5H3,(H-,56,59,60,61)/b19-18-,22-21-,25-24-. The smallest absolute Gasteiger partial charge is 0.268 e. The van der Waals surface area contributed by atoms with E-state index in [0.29, 0.717) is 23.9 Å². The third-order valence-corrected chi connectivity index (χ3v) is 13.3. The van der Waals surface area contributed by atoms with E-state index in [-0.39, 0.29) is 19.1 Å². The number of carbonyl (C=O) groups is 1. The number of rotatable bonds is 50. The van der Waals surface area contributed by atoms with Crippen molar-refractivity contribution in [3.8, 4) is 0 Å². The van der Waals surface area contributed by atoms with Gasteiger partial charge in [-0.05, 0) is 51.4 Å². The molecule has 8 nitrogen and oxygen atoms in total. The first-order chi connectivity index (χ1) is 31.0. The number of hydrogen-bond acceptors (Lipinski definition) is 6. The average Bonchev–Trinajstić information content (AvgIpc) is 3.25. The van der Waals surface area contributed by atoms with Crippen LogP contribution in [-0.4, -0.2) is 68.5 Å². The Hall–Kier alpha value is -1.28. The highest BCUT2D eigenvalue weighted by molar-refractivity contribution is 7.45. The summed E-state index contributed by atoms with van der Waals surface area (Å²) in [5.41, 5.74) is 0. The highest BCUT2D eigenvalue weighted by Gasteiger charge is 2.24. The topological polar surface area (TPSA) is 108 Å². The molecule has 0 aliphatic carbocycles. The zero-order valence-corrected chi connectivity index (χ0v) is 43.9. The summed E-state index contributed by atoms with van der Waals surface area (Å²) >= 11 is 0. The predicted octanol–water partition coefficient (Wildman–Crippen LogP) is 15.6. The Morgan fingerprint density at radius 1 is 0.547 bits per heavy atom. The lowest BCUT2D eigenvalue weighted by Gasteiger charge is -2.30. The highest BCUT2D eigenvalue weighted by atomic mass is 31.2. The Bertz CT molecular complexity index is 1140. The van der Waals surface area contributed by atoms with Crippen LogP contribution in [0.2, 0.25) is 0 Å². The Balaban J connectivity index is 4.00. The molecule has 0 aromatic heterocycles. The van der Waals surface area contributed by atoms with Crippen molar-refractivity contribution in [3.05, 3.63) is 36.5 Å². The van der Waals surface area contributed by atoms with Crippen molar-refractivity contribution >= 4 is 13.7 Å². The van der Waals surface area contributed by atoms with E-state index in [0.717, 1.165) is 51.4 Å². The summed E-state index contributed by atoms with van der Waals surface area (Å²) in [6, 6.07) is -0.798. The summed E-state index contributed by atoms with van der Waals surface area (Å²) in [5.74, 6) is -0.164. The molecule has 0 fully saturated rings. The number of nitrogens with zero attached hydrogens (tertiary/aromatic N) is 1.